The van der Waals surface area contributed by atoms with Gasteiger partial charge in [0.25, 0.3) is 5.69 Å². The van der Waals surface area contributed by atoms with Gasteiger partial charge in [-0.2, -0.15) is 0 Å². The number of carbonyl (C=O) groups excluding carboxylic acids is 1. The molecule has 2 aromatic heterocycles. The van der Waals surface area contributed by atoms with E-state index in [1.54, 1.807) is 18.2 Å². The fourth-order valence-electron chi connectivity index (χ4n) is 2.21. The Kier molecular flexibility index (Phi) is 5.49. The smallest absolute Gasteiger partial charge is 0.349 e. The Labute approximate surface area is 167 Å². The minimum absolute atomic E-state index is 0.110. The molecule has 2 N–H and O–H groups in total. The highest BCUT2D eigenvalue weighted by Gasteiger charge is 2.17. The van der Waals surface area contributed by atoms with Gasteiger partial charge in [-0.1, -0.05) is 11.6 Å². The van der Waals surface area contributed by atoms with Crippen LogP contribution in [0, 0.1) is 10.1 Å². The molecule has 0 aliphatic carbocycles. The molecule has 0 spiro atoms. The van der Waals surface area contributed by atoms with Crippen molar-refractivity contribution in [3.8, 4) is 0 Å². The first-order chi connectivity index (χ1) is 12.9. The molecule has 0 bridgehead atoms. The van der Waals surface area contributed by atoms with Crippen molar-refractivity contribution in [2.24, 2.45) is 0 Å². The summed E-state index contributed by atoms with van der Waals surface area (Å²) in [6.07, 6.45) is 1.14. The van der Waals surface area contributed by atoms with Gasteiger partial charge in [0, 0.05) is 21.8 Å². The Morgan fingerprint density at radius 2 is 2.11 bits per heavy atom. The summed E-state index contributed by atoms with van der Waals surface area (Å²) in [6, 6.07) is 8.12. The highest BCUT2D eigenvalue weighted by atomic mass is 35.5. The maximum atomic E-state index is 11.7. The number of aromatic nitrogens is 1. The topological polar surface area (TPSA) is 106 Å². The van der Waals surface area contributed by atoms with Crippen LogP contribution in [0.1, 0.15) is 9.67 Å². The number of anilines is 2. The number of nitro groups is 1. The number of benzene rings is 1. The first-order valence-corrected chi connectivity index (χ1v) is 8.98. The molecule has 0 amide bonds. The molecule has 0 atom stereocenters. The third kappa shape index (κ3) is 4.13. The van der Waals surface area contributed by atoms with E-state index in [0.29, 0.717) is 21.4 Å². The first-order valence-electron chi connectivity index (χ1n) is 7.38. The van der Waals surface area contributed by atoms with Crippen LogP contribution in [0.3, 0.4) is 0 Å². The van der Waals surface area contributed by atoms with E-state index in [-0.39, 0.29) is 10.8 Å². The van der Waals surface area contributed by atoms with Crippen LogP contribution in [0.4, 0.5) is 17.2 Å². The number of hydrogen-bond acceptors (Lipinski definition) is 7. The van der Waals surface area contributed by atoms with Gasteiger partial charge < -0.3 is 15.4 Å². The summed E-state index contributed by atoms with van der Waals surface area (Å²) < 4.78 is 5.52. The Hall–Kier alpha value is -2.82. The second-order valence-corrected chi connectivity index (χ2v) is 7.02. The summed E-state index contributed by atoms with van der Waals surface area (Å²) in [4.78, 5) is 26.1. The van der Waals surface area contributed by atoms with Crippen molar-refractivity contribution in [1.82, 2.24) is 4.98 Å². The quantitative estimate of drug-likeness (QED) is 0.275. The molecule has 0 aliphatic rings. The molecule has 11 heteroatoms. The van der Waals surface area contributed by atoms with Gasteiger partial charge in [-0.05, 0) is 36.5 Å². The van der Waals surface area contributed by atoms with Crippen LogP contribution in [0.25, 0.3) is 10.1 Å². The molecular weight excluding hydrogens is 412 g/mol. The molecule has 0 fully saturated rings. The van der Waals surface area contributed by atoms with E-state index in [4.69, 9.17) is 28.6 Å². The van der Waals surface area contributed by atoms with Crippen molar-refractivity contribution in [3.05, 3.63) is 56.5 Å². The molecule has 8 nitrogen and oxygen atoms in total. The Morgan fingerprint density at radius 1 is 1.33 bits per heavy atom. The molecule has 27 heavy (non-hydrogen) atoms. The maximum Gasteiger partial charge on any atom is 0.349 e. The zero-order valence-corrected chi connectivity index (χ0v) is 16.1. The third-order valence-electron chi connectivity index (χ3n) is 3.46. The number of pyridine rings is 1. The van der Waals surface area contributed by atoms with Crippen molar-refractivity contribution in [1.29, 1.82) is 0 Å². The lowest BCUT2D eigenvalue weighted by Crippen LogP contribution is -2.19. The number of nitrogens with one attached hydrogen (secondary N) is 2. The highest BCUT2D eigenvalue weighted by Crippen LogP contribution is 2.37. The predicted molar refractivity (Wildman–Crippen MR) is 109 cm³/mol. The fourth-order valence-corrected chi connectivity index (χ4v) is 3.90. The Morgan fingerprint density at radius 3 is 2.74 bits per heavy atom. The summed E-state index contributed by atoms with van der Waals surface area (Å²) in [5.41, 5.74) is 0.567. The van der Waals surface area contributed by atoms with Crippen LogP contribution in [0.2, 0.25) is 5.02 Å². The van der Waals surface area contributed by atoms with Gasteiger partial charge in [-0.25, -0.2) is 9.78 Å². The van der Waals surface area contributed by atoms with Crippen LogP contribution in [0.5, 0.6) is 0 Å². The number of halogens is 1. The van der Waals surface area contributed by atoms with Crippen molar-refractivity contribution in [2.45, 2.75) is 0 Å². The molecule has 0 saturated carbocycles. The standard InChI is InChI=1S/C16H11ClN4O4S2/c1-25-15(22)14-13(17)10-4-2-8(6-11(10)27-14)19-16(26)20-12-5-3-9(7-18-12)21(23)24/h2-7H,1H3,(H2,18,19,20,26). The van der Waals surface area contributed by atoms with E-state index in [1.165, 1.54) is 30.6 Å². The maximum absolute atomic E-state index is 11.7. The normalized spacial score (nSPS) is 10.4. The average Bonchev–Trinajstić information content (AvgIpc) is 2.97. The molecule has 1 aromatic carbocycles. The Bertz CT molecular complexity index is 1050. The van der Waals surface area contributed by atoms with Crippen molar-refractivity contribution >= 4 is 73.5 Å². The molecule has 0 aliphatic heterocycles. The summed E-state index contributed by atoms with van der Waals surface area (Å²) in [5.74, 6) is -0.122. The lowest BCUT2D eigenvalue weighted by molar-refractivity contribution is -0.385. The number of nitrogens with zero attached hydrogens (tertiary/aromatic N) is 2. The van der Waals surface area contributed by atoms with E-state index in [0.717, 1.165) is 16.3 Å². The summed E-state index contributed by atoms with van der Waals surface area (Å²) in [7, 11) is 1.30. The monoisotopic (exact) mass is 422 g/mol. The van der Waals surface area contributed by atoms with Crippen molar-refractivity contribution in [2.75, 3.05) is 17.7 Å². The van der Waals surface area contributed by atoms with Gasteiger partial charge >= 0.3 is 5.97 Å². The van der Waals surface area contributed by atoms with Gasteiger partial charge in [0.1, 0.15) is 16.9 Å². The number of rotatable bonds is 4. The number of carbonyl (C=O) groups is 1. The van der Waals surface area contributed by atoms with Gasteiger partial charge in [0.15, 0.2) is 5.11 Å². The minimum atomic E-state index is -0.530. The first kappa shape index (κ1) is 19.0. The minimum Gasteiger partial charge on any atom is -0.465 e. The van der Waals surface area contributed by atoms with Gasteiger partial charge in [0.05, 0.1) is 17.1 Å². The third-order valence-corrected chi connectivity index (χ3v) is 5.30. The zero-order valence-electron chi connectivity index (χ0n) is 13.7. The van der Waals surface area contributed by atoms with E-state index in [2.05, 4.69) is 15.6 Å². The number of ether oxygens (including phenoxy) is 1. The molecule has 0 unspecified atom stereocenters. The SMILES string of the molecule is COC(=O)c1sc2cc(NC(=S)Nc3ccc([N+](=O)[O-])cn3)ccc2c1Cl. The second-order valence-electron chi connectivity index (χ2n) is 5.19. The average molecular weight is 423 g/mol. The molecule has 3 rings (SSSR count). The predicted octanol–water partition coefficient (Wildman–Crippen LogP) is 4.45. The molecule has 3 aromatic rings. The second kappa shape index (κ2) is 7.82. The number of esters is 1. The number of fused-ring (bicyclic) bond motifs is 1. The summed E-state index contributed by atoms with van der Waals surface area (Å²) in [6.45, 7) is 0. The molecule has 2 heterocycles. The van der Waals surface area contributed by atoms with E-state index in [1.807, 2.05) is 0 Å². The molecule has 0 radical (unpaired) electrons. The molecule has 0 saturated heterocycles. The summed E-state index contributed by atoms with van der Waals surface area (Å²) >= 11 is 12.7. The summed E-state index contributed by atoms with van der Waals surface area (Å²) in [5, 5.41) is 17.8. The van der Waals surface area contributed by atoms with Crippen LogP contribution in [-0.2, 0) is 4.74 Å². The van der Waals surface area contributed by atoms with E-state index < -0.39 is 10.9 Å². The van der Waals surface area contributed by atoms with Crippen LogP contribution in [0.15, 0.2) is 36.5 Å². The Balaban J connectivity index is 1.74. The van der Waals surface area contributed by atoms with Crippen LogP contribution < -0.4 is 10.6 Å². The van der Waals surface area contributed by atoms with Crippen molar-refractivity contribution < 1.29 is 14.5 Å². The lowest BCUT2D eigenvalue weighted by Gasteiger charge is -2.09. The number of thiocarbonyl (C=S) groups is 1. The van der Waals surface area contributed by atoms with Gasteiger partial charge in [0.2, 0.25) is 0 Å². The molecule has 138 valence electrons. The largest absolute Gasteiger partial charge is 0.465 e. The number of methoxy groups -OCH3 is 1. The number of thiophene rings is 1. The van der Waals surface area contributed by atoms with Crippen LogP contribution in [-0.4, -0.2) is 28.1 Å². The highest BCUT2D eigenvalue weighted by molar-refractivity contribution is 7.80. The molecular formula is C16H11ClN4O4S2. The lowest BCUT2D eigenvalue weighted by atomic mass is 10.2. The van der Waals surface area contributed by atoms with E-state index >= 15 is 0 Å². The van der Waals surface area contributed by atoms with Gasteiger partial charge in [-0.3, -0.25) is 10.1 Å². The van der Waals surface area contributed by atoms with Crippen LogP contribution >= 0.6 is 35.2 Å². The zero-order chi connectivity index (χ0) is 19.6. The van der Waals surface area contributed by atoms with Gasteiger partial charge in [-0.15, -0.1) is 11.3 Å². The fraction of sp³-hybridized carbons (Fsp3) is 0.0625. The van der Waals surface area contributed by atoms with E-state index in [9.17, 15) is 14.9 Å². The van der Waals surface area contributed by atoms with Crippen molar-refractivity contribution in [3.63, 3.8) is 0 Å². The number of hydrogen-bond donors (Lipinski definition) is 2.